The number of aromatic nitrogens is 2. The van der Waals surface area contributed by atoms with E-state index in [-0.39, 0.29) is 12.1 Å². The Bertz CT molecular complexity index is 919. The number of carbonyl (C=O) groups excluding carboxylic acids is 1. The van der Waals surface area contributed by atoms with Crippen LogP contribution < -0.4 is 5.32 Å². The Morgan fingerprint density at radius 3 is 2.50 bits per heavy atom. The SMILES string of the molecule is Cc1ccccc1C(CC(=O)O)NC(=O)c1c[nH]c(-c2ccccc2)n1. The molecule has 132 valence electrons. The zero-order valence-electron chi connectivity index (χ0n) is 14.3. The number of amides is 1. The van der Waals surface area contributed by atoms with Crippen LogP contribution in [0.25, 0.3) is 11.4 Å². The lowest BCUT2D eigenvalue weighted by Crippen LogP contribution is -2.30. The maximum atomic E-state index is 12.6. The summed E-state index contributed by atoms with van der Waals surface area (Å²) in [5, 5.41) is 12.0. The summed E-state index contributed by atoms with van der Waals surface area (Å²) in [6.07, 6.45) is 1.32. The molecule has 0 aliphatic carbocycles. The van der Waals surface area contributed by atoms with E-state index in [2.05, 4.69) is 15.3 Å². The summed E-state index contributed by atoms with van der Waals surface area (Å²) in [6.45, 7) is 1.89. The maximum Gasteiger partial charge on any atom is 0.305 e. The number of aliphatic carboxylic acids is 1. The monoisotopic (exact) mass is 349 g/mol. The number of benzene rings is 2. The quantitative estimate of drug-likeness (QED) is 0.636. The van der Waals surface area contributed by atoms with Gasteiger partial charge in [0.05, 0.1) is 12.5 Å². The van der Waals surface area contributed by atoms with Crippen molar-refractivity contribution >= 4 is 11.9 Å². The number of imidazole rings is 1. The first-order chi connectivity index (χ1) is 12.5. The molecular formula is C20H19N3O3. The van der Waals surface area contributed by atoms with Crippen LogP contribution in [0.3, 0.4) is 0 Å². The summed E-state index contributed by atoms with van der Waals surface area (Å²) >= 11 is 0. The van der Waals surface area contributed by atoms with Crippen molar-refractivity contribution in [1.82, 2.24) is 15.3 Å². The average Bonchev–Trinajstić information content (AvgIpc) is 3.12. The topological polar surface area (TPSA) is 95.1 Å². The normalized spacial score (nSPS) is 11.7. The second kappa shape index (κ2) is 7.65. The molecule has 0 saturated heterocycles. The van der Waals surface area contributed by atoms with Gasteiger partial charge in [0, 0.05) is 11.8 Å². The zero-order valence-corrected chi connectivity index (χ0v) is 14.3. The van der Waals surface area contributed by atoms with Crippen molar-refractivity contribution in [3.63, 3.8) is 0 Å². The van der Waals surface area contributed by atoms with Gasteiger partial charge in [-0.15, -0.1) is 0 Å². The summed E-state index contributed by atoms with van der Waals surface area (Å²) in [5.74, 6) is -0.815. The molecule has 1 aromatic heterocycles. The second-order valence-corrected chi connectivity index (χ2v) is 5.98. The van der Waals surface area contributed by atoms with Gasteiger partial charge >= 0.3 is 5.97 Å². The van der Waals surface area contributed by atoms with Gasteiger partial charge < -0.3 is 15.4 Å². The predicted octanol–water partition coefficient (Wildman–Crippen LogP) is 3.33. The molecule has 0 aliphatic heterocycles. The fourth-order valence-electron chi connectivity index (χ4n) is 2.81. The fraction of sp³-hybridized carbons (Fsp3) is 0.150. The first-order valence-electron chi connectivity index (χ1n) is 8.23. The van der Waals surface area contributed by atoms with E-state index in [1.54, 1.807) is 0 Å². The summed E-state index contributed by atoms with van der Waals surface area (Å²) in [5.41, 5.74) is 2.79. The number of aromatic amines is 1. The molecule has 1 amide bonds. The molecule has 3 aromatic rings. The highest BCUT2D eigenvalue weighted by atomic mass is 16.4. The van der Waals surface area contributed by atoms with E-state index < -0.39 is 17.9 Å². The van der Waals surface area contributed by atoms with Crippen LogP contribution in [0.4, 0.5) is 0 Å². The van der Waals surface area contributed by atoms with Crippen molar-refractivity contribution in [3.05, 3.63) is 77.6 Å². The van der Waals surface area contributed by atoms with E-state index in [1.165, 1.54) is 6.20 Å². The zero-order chi connectivity index (χ0) is 18.5. The van der Waals surface area contributed by atoms with Gasteiger partial charge in [-0.3, -0.25) is 9.59 Å². The largest absolute Gasteiger partial charge is 0.481 e. The van der Waals surface area contributed by atoms with Gasteiger partial charge in [0.1, 0.15) is 11.5 Å². The molecular weight excluding hydrogens is 330 g/mol. The lowest BCUT2D eigenvalue weighted by Gasteiger charge is -2.18. The number of aryl methyl sites for hydroxylation is 1. The first-order valence-corrected chi connectivity index (χ1v) is 8.23. The van der Waals surface area contributed by atoms with E-state index in [0.717, 1.165) is 16.7 Å². The summed E-state index contributed by atoms with van der Waals surface area (Å²) in [4.78, 5) is 31.1. The summed E-state index contributed by atoms with van der Waals surface area (Å²) < 4.78 is 0. The van der Waals surface area contributed by atoms with Gasteiger partial charge in [-0.1, -0.05) is 54.6 Å². The number of hydrogen-bond donors (Lipinski definition) is 3. The van der Waals surface area contributed by atoms with Crippen LogP contribution in [-0.4, -0.2) is 27.0 Å². The maximum absolute atomic E-state index is 12.6. The Hall–Kier alpha value is -3.41. The van der Waals surface area contributed by atoms with Crippen molar-refractivity contribution in [2.45, 2.75) is 19.4 Å². The summed E-state index contributed by atoms with van der Waals surface area (Å²) in [7, 11) is 0. The van der Waals surface area contributed by atoms with Gasteiger partial charge in [0.15, 0.2) is 0 Å². The Morgan fingerprint density at radius 2 is 1.81 bits per heavy atom. The molecule has 26 heavy (non-hydrogen) atoms. The molecule has 0 spiro atoms. The van der Waals surface area contributed by atoms with E-state index in [0.29, 0.717) is 5.82 Å². The molecule has 0 bridgehead atoms. The molecule has 1 heterocycles. The van der Waals surface area contributed by atoms with E-state index >= 15 is 0 Å². The third-order valence-corrected chi connectivity index (χ3v) is 4.11. The molecule has 1 atom stereocenters. The number of nitrogens with one attached hydrogen (secondary N) is 2. The smallest absolute Gasteiger partial charge is 0.305 e. The molecule has 2 aromatic carbocycles. The minimum atomic E-state index is -0.981. The van der Waals surface area contributed by atoms with E-state index in [1.807, 2.05) is 61.5 Å². The molecule has 6 nitrogen and oxygen atoms in total. The Labute approximate surface area is 150 Å². The molecule has 1 unspecified atom stereocenters. The fourth-order valence-corrected chi connectivity index (χ4v) is 2.81. The molecule has 0 fully saturated rings. The number of carbonyl (C=O) groups is 2. The number of rotatable bonds is 6. The van der Waals surface area contributed by atoms with Gasteiger partial charge in [0.25, 0.3) is 5.91 Å². The first kappa shape index (κ1) is 17.4. The third kappa shape index (κ3) is 3.97. The lowest BCUT2D eigenvalue weighted by molar-refractivity contribution is -0.137. The standard InChI is InChI=1S/C20H19N3O3/c1-13-7-5-6-10-15(13)16(11-18(24)25)23-20(26)17-12-21-19(22-17)14-8-3-2-4-9-14/h2-10,12,16H,11H2,1H3,(H,21,22)(H,23,26)(H,24,25). The minimum absolute atomic E-state index is 0.202. The molecule has 3 rings (SSSR count). The Kier molecular flexibility index (Phi) is 5.12. The van der Waals surface area contributed by atoms with Crippen LogP contribution in [0.1, 0.15) is 34.1 Å². The van der Waals surface area contributed by atoms with Crippen LogP contribution in [0, 0.1) is 6.92 Å². The molecule has 0 aliphatic rings. The number of H-pyrrole nitrogens is 1. The third-order valence-electron chi connectivity index (χ3n) is 4.11. The van der Waals surface area contributed by atoms with Gasteiger partial charge in [-0.2, -0.15) is 0 Å². The Balaban J connectivity index is 1.81. The van der Waals surface area contributed by atoms with Crippen LogP contribution in [0.5, 0.6) is 0 Å². The second-order valence-electron chi connectivity index (χ2n) is 5.98. The van der Waals surface area contributed by atoms with E-state index in [9.17, 15) is 14.7 Å². The average molecular weight is 349 g/mol. The highest BCUT2D eigenvalue weighted by Gasteiger charge is 2.21. The van der Waals surface area contributed by atoms with Crippen molar-refractivity contribution in [3.8, 4) is 11.4 Å². The highest BCUT2D eigenvalue weighted by Crippen LogP contribution is 2.22. The lowest BCUT2D eigenvalue weighted by atomic mass is 9.98. The molecule has 3 N–H and O–H groups in total. The van der Waals surface area contributed by atoms with Gasteiger partial charge in [0.2, 0.25) is 0 Å². The van der Waals surface area contributed by atoms with Crippen molar-refractivity contribution < 1.29 is 14.7 Å². The van der Waals surface area contributed by atoms with Crippen LogP contribution in [0.15, 0.2) is 60.8 Å². The molecule has 0 radical (unpaired) electrons. The summed E-state index contributed by atoms with van der Waals surface area (Å²) in [6, 6.07) is 16.2. The van der Waals surface area contributed by atoms with Gasteiger partial charge in [-0.05, 0) is 18.1 Å². The van der Waals surface area contributed by atoms with Crippen molar-refractivity contribution in [2.75, 3.05) is 0 Å². The van der Waals surface area contributed by atoms with Gasteiger partial charge in [-0.25, -0.2) is 4.98 Å². The van der Waals surface area contributed by atoms with Crippen LogP contribution in [0.2, 0.25) is 0 Å². The number of hydrogen-bond acceptors (Lipinski definition) is 3. The molecule has 6 heteroatoms. The number of carboxylic acids is 1. The minimum Gasteiger partial charge on any atom is -0.481 e. The molecule has 0 saturated carbocycles. The highest BCUT2D eigenvalue weighted by molar-refractivity contribution is 5.93. The van der Waals surface area contributed by atoms with Crippen LogP contribution in [-0.2, 0) is 4.79 Å². The van der Waals surface area contributed by atoms with E-state index in [4.69, 9.17) is 0 Å². The van der Waals surface area contributed by atoms with Crippen LogP contribution >= 0.6 is 0 Å². The predicted molar refractivity (Wildman–Crippen MR) is 97.7 cm³/mol. The number of carboxylic acid groups (broad SMARTS) is 1. The van der Waals surface area contributed by atoms with Crippen molar-refractivity contribution in [2.24, 2.45) is 0 Å². The Morgan fingerprint density at radius 1 is 1.12 bits per heavy atom. The van der Waals surface area contributed by atoms with Crippen molar-refractivity contribution in [1.29, 1.82) is 0 Å². The number of nitrogens with zero attached hydrogens (tertiary/aromatic N) is 1.